The summed E-state index contributed by atoms with van der Waals surface area (Å²) in [6.07, 6.45) is 1.22. The molecule has 1 aliphatic heterocycles. The Morgan fingerprint density at radius 1 is 1.17 bits per heavy atom. The number of aromatic nitrogens is 1. The van der Waals surface area contributed by atoms with Crippen LogP contribution in [0, 0.1) is 0 Å². The number of para-hydroxylation sites is 1. The quantitative estimate of drug-likeness (QED) is 0.485. The minimum atomic E-state index is -0.395. The van der Waals surface area contributed by atoms with E-state index in [1.54, 1.807) is 18.3 Å². The maximum absolute atomic E-state index is 13.3. The van der Waals surface area contributed by atoms with Gasteiger partial charge in [0.1, 0.15) is 22.7 Å². The van der Waals surface area contributed by atoms with E-state index in [1.807, 2.05) is 66.0 Å². The van der Waals surface area contributed by atoms with Crippen molar-refractivity contribution in [2.75, 3.05) is 12.4 Å². The van der Waals surface area contributed by atoms with Crippen molar-refractivity contribution < 1.29 is 13.9 Å². The number of carbonyl (C=O) groups is 1. The third-order valence-corrected chi connectivity index (χ3v) is 5.96. The van der Waals surface area contributed by atoms with Gasteiger partial charge in [0.2, 0.25) is 0 Å². The number of amides is 1. The van der Waals surface area contributed by atoms with Crippen molar-refractivity contribution in [3.63, 3.8) is 0 Å². The van der Waals surface area contributed by atoms with Gasteiger partial charge in [-0.15, -0.1) is 11.3 Å². The summed E-state index contributed by atoms with van der Waals surface area (Å²) >= 11 is 1.54. The van der Waals surface area contributed by atoms with Crippen LogP contribution in [0.3, 0.4) is 0 Å². The Hall–Kier alpha value is -3.58. The van der Waals surface area contributed by atoms with Gasteiger partial charge in [0, 0.05) is 16.6 Å². The molecule has 7 heteroatoms. The van der Waals surface area contributed by atoms with E-state index < -0.39 is 6.17 Å². The lowest BCUT2D eigenvalue weighted by Crippen LogP contribution is -2.42. The number of nitrogens with zero attached hydrogens (tertiary/aromatic N) is 2. The highest BCUT2D eigenvalue weighted by molar-refractivity contribution is 7.13. The number of anilines is 1. The Balaban J connectivity index is 1.52. The summed E-state index contributed by atoms with van der Waals surface area (Å²) in [5.74, 6) is 1.45. The van der Waals surface area contributed by atoms with Crippen LogP contribution in [-0.2, 0) is 6.54 Å². The van der Waals surface area contributed by atoms with Crippen molar-refractivity contribution in [3.05, 3.63) is 89.3 Å². The van der Waals surface area contributed by atoms with Crippen molar-refractivity contribution >= 4 is 22.9 Å². The average Bonchev–Trinajstić information content (AvgIpc) is 3.48. The Kier molecular flexibility index (Phi) is 4.72. The molecular formula is C23H19N3O3S. The van der Waals surface area contributed by atoms with Crippen molar-refractivity contribution in [2.24, 2.45) is 0 Å². The van der Waals surface area contributed by atoms with Crippen molar-refractivity contribution in [2.45, 2.75) is 12.7 Å². The molecule has 0 unspecified atom stereocenters. The molecule has 6 nitrogen and oxygen atoms in total. The number of carbonyl (C=O) groups excluding carboxylic acids is 1. The van der Waals surface area contributed by atoms with Crippen LogP contribution in [0.5, 0.6) is 5.75 Å². The average molecular weight is 417 g/mol. The van der Waals surface area contributed by atoms with E-state index in [4.69, 9.17) is 14.1 Å². The molecule has 0 saturated carbocycles. The normalized spacial score (nSPS) is 15.6. The first-order chi connectivity index (χ1) is 14.7. The molecule has 0 radical (unpaired) electrons. The molecule has 4 aromatic rings. The second-order valence-electron chi connectivity index (χ2n) is 6.91. The van der Waals surface area contributed by atoms with E-state index in [0.717, 1.165) is 33.5 Å². The number of thiazole rings is 1. The minimum absolute atomic E-state index is 0.0540. The van der Waals surface area contributed by atoms with Crippen LogP contribution in [0.25, 0.3) is 10.6 Å². The van der Waals surface area contributed by atoms with Crippen LogP contribution < -0.4 is 10.1 Å². The smallest absolute Gasteiger partial charge is 0.258 e. The van der Waals surface area contributed by atoms with Crippen LogP contribution in [0.1, 0.15) is 28.0 Å². The predicted molar refractivity (Wildman–Crippen MR) is 115 cm³/mol. The fourth-order valence-corrected chi connectivity index (χ4v) is 4.40. The highest BCUT2D eigenvalue weighted by atomic mass is 32.1. The number of benzene rings is 2. The summed E-state index contributed by atoms with van der Waals surface area (Å²) < 4.78 is 10.8. The summed E-state index contributed by atoms with van der Waals surface area (Å²) in [5.41, 5.74) is 3.21. The Morgan fingerprint density at radius 3 is 2.90 bits per heavy atom. The van der Waals surface area contributed by atoms with E-state index in [2.05, 4.69) is 5.32 Å². The van der Waals surface area contributed by atoms with Gasteiger partial charge in [0.25, 0.3) is 5.91 Å². The Labute approximate surface area is 177 Å². The van der Waals surface area contributed by atoms with Gasteiger partial charge in [-0.1, -0.05) is 24.3 Å². The number of methoxy groups -OCH3 is 1. The van der Waals surface area contributed by atoms with E-state index in [0.29, 0.717) is 12.1 Å². The molecule has 1 atom stereocenters. The van der Waals surface area contributed by atoms with Crippen LogP contribution >= 0.6 is 11.3 Å². The van der Waals surface area contributed by atoms with Crippen molar-refractivity contribution in [1.29, 1.82) is 0 Å². The zero-order chi connectivity index (χ0) is 20.5. The van der Waals surface area contributed by atoms with E-state index in [1.165, 1.54) is 11.3 Å². The number of hydrogen-bond acceptors (Lipinski definition) is 6. The molecule has 1 amide bonds. The molecule has 0 saturated heterocycles. The van der Waals surface area contributed by atoms with Gasteiger partial charge in [-0.2, -0.15) is 0 Å². The number of fused-ring (bicyclic) bond motifs is 1. The second-order valence-corrected chi connectivity index (χ2v) is 7.77. The molecule has 0 aliphatic carbocycles. The Morgan fingerprint density at radius 2 is 2.07 bits per heavy atom. The standard InChI is InChI=1S/C23H19N3O3S/c1-28-16-7-4-6-15(12-16)22-25-20(14-30-22)21-24-19-10-3-2-9-18(19)23(27)26(21)13-17-8-5-11-29-17/h2-12,14,21,24H,13H2,1H3/t21-/m0/s1. The molecule has 30 heavy (non-hydrogen) atoms. The third kappa shape index (κ3) is 3.33. The topological polar surface area (TPSA) is 67.6 Å². The van der Waals surface area contributed by atoms with E-state index in [9.17, 15) is 4.79 Å². The Bertz CT molecular complexity index is 1190. The van der Waals surface area contributed by atoms with Crippen LogP contribution in [0.2, 0.25) is 0 Å². The number of furan rings is 1. The largest absolute Gasteiger partial charge is 0.497 e. The summed E-state index contributed by atoms with van der Waals surface area (Å²) in [6, 6.07) is 19.0. The van der Waals surface area contributed by atoms with Crippen LogP contribution in [0.4, 0.5) is 5.69 Å². The van der Waals surface area contributed by atoms with Gasteiger partial charge in [-0.3, -0.25) is 4.79 Å². The van der Waals surface area contributed by atoms with Gasteiger partial charge in [-0.25, -0.2) is 4.98 Å². The molecule has 0 bridgehead atoms. The SMILES string of the molecule is COc1cccc(-c2nc([C@H]3Nc4ccccc4C(=O)N3Cc3ccco3)cs2)c1. The molecule has 3 heterocycles. The molecule has 5 rings (SSSR count). The fraction of sp³-hybridized carbons (Fsp3) is 0.130. The summed E-state index contributed by atoms with van der Waals surface area (Å²) in [4.78, 5) is 19.9. The van der Waals surface area contributed by atoms with Crippen molar-refractivity contribution in [3.8, 4) is 16.3 Å². The van der Waals surface area contributed by atoms with E-state index >= 15 is 0 Å². The second kappa shape index (κ2) is 7.68. The monoisotopic (exact) mass is 417 g/mol. The van der Waals surface area contributed by atoms with Gasteiger partial charge in [-0.05, 0) is 36.4 Å². The minimum Gasteiger partial charge on any atom is -0.497 e. The molecule has 2 aromatic carbocycles. The van der Waals surface area contributed by atoms with E-state index in [-0.39, 0.29) is 5.91 Å². The zero-order valence-electron chi connectivity index (χ0n) is 16.2. The maximum atomic E-state index is 13.3. The maximum Gasteiger partial charge on any atom is 0.258 e. The lowest BCUT2D eigenvalue weighted by molar-refractivity contribution is 0.0648. The lowest BCUT2D eigenvalue weighted by Gasteiger charge is -2.36. The highest BCUT2D eigenvalue weighted by Crippen LogP contribution is 2.36. The van der Waals surface area contributed by atoms with Gasteiger partial charge >= 0.3 is 0 Å². The fourth-order valence-electron chi connectivity index (χ4n) is 3.56. The molecule has 1 aliphatic rings. The highest BCUT2D eigenvalue weighted by Gasteiger charge is 2.34. The summed E-state index contributed by atoms with van der Waals surface area (Å²) in [7, 11) is 1.65. The van der Waals surface area contributed by atoms with Gasteiger partial charge < -0.3 is 19.4 Å². The number of hydrogen-bond donors (Lipinski definition) is 1. The molecule has 0 fully saturated rings. The third-order valence-electron chi connectivity index (χ3n) is 5.05. The number of nitrogens with one attached hydrogen (secondary N) is 1. The number of rotatable bonds is 5. The lowest BCUT2D eigenvalue weighted by atomic mass is 10.1. The number of ether oxygens (including phenoxy) is 1. The summed E-state index contributed by atoms with van der Waals surface area (Å²) in [5, 5.41) is 6.34. The van der Waals surface area contributed by atoms with Gasteiger partial charge in [0.05, 0.1) is 31.2 Å². The van der Waals surface area contributed by atoms with Crippen molar-refractivity contribution in [1.82, 2.24) is 9.88 Å². The van der Waals surface area contributed by atoms with Crippen LogP contribution in [-0.4, -0.2) is 22.9 Å². The van der Waals surface area contributed by atoms with Gasteiger partial charge in [0.15, 0.2) is 0 Å². The first-order valence-electron chi connectivity index (χ1n) is 9.52. The molecule has 150 valence electrons. The van der Waals surface area contributed by atoms with Crippen LogP contribution in [0.15, 0.2) is 76.7 Å². The molecular weight excluding hydrogens is 398 g/mol. The summed E-state index contributed by atoms with van der Waals surface area (Å²) in [6.45, 7) is 0.351. The predicted octanol–water partition coefficient (Wildman–Crippen LogP) is 5.18. The zero-order valence-corrected chi connectivity index (χ0v) is 17.1. The first kappa shape index (κ1) is 18.4. The molecule has 1 N–H and O–H groups in total. The molecule has 2 aromatic heterocycles. The first-order valence-corrected chi connectivity index (χ1v) is 10.4. The molecule has 0 spiro atoms.